The summed E-state index contributed by atoms with van der Waals surface area (Å²) in [5.41, 5.74) is 2.40. The summed E-state index contributed by atoms with van der Waals surface area (Å²) in [5, 5.41) is 4.59. The number of hydrogen-bond donors (Lipinski definition) is 1. The number of rotatable bonds is 4. The van der Waals surface area contributed by atoms with Gasteiger partial charge in [0, 0.05) is 13.1 Å². The Labute approximate surface area is 118 Å². The van der Waals surface area contributed by atoms with E-state index in [1.807, 2.05) is 0 Å². The van der Waals surface area contributed by atoms with E-state index in [1.54, 1.807) is 11.3 Å². The van der Waals surface area contributed by atoms with E-state index in [0.29, 0.717) is 0 Å². The van der Waals surface area contributed by atoms with Crippen LogP contribution in [0.2, 0.25) is 0 Å². The molecular formula is C15H21N3S. The Bertz CT molecular complexity index is 564. The first-order valence-corrected chi connectivity index (χ1v) is 7.89. The molecule has 1 aromatic heterocycles. The average molecular weight is 275 g/mol. The molecule has 3 nitrogen and oxygen atoms in total. The first kappa shape index (κ1) is 12.9. The van der Waals surface area contributed by atoms with Crippen molar-refractivity contribution in [3.8, 4) is 0 Å². The standard InChI is InChI=1S/C15H21N3S/c1-3-18-7-6-12(10-18)9-16-15-17-13-8-11(2)4-5-14(13)19-15/h4-5,8,12H,3,6-7,9-10H2,1-2H3,(H,16,17). The van der Waals surface area contributed by atoms with Crippen LogP contribution in [-0.2, 0) is 0 Å². The minimum atomic E-state index is 0.772. The third kappa shape index (κ3) is 2.90. The highest BCUT2D eigenvalue weighted by molar-refractivity contribution is 7.22. The molecule has 0 amide bonds. The van der Waals surface area contributed by atoms with Gasteiger partial charge >= 0.3 is 0 Å². The van der Waals surface area contributed by atoms with Crippen LogP contribution in [0.15, 0.2) is 18.2 Å². The van der Waals surface area contributed by atoms with Crippen molar-refractivity contribution in [2.45, 2.75) is 20.3 Å². The zero-order valence-electron chi connectivity index (χ0n) is 11.6. The monoisotopic (exact) mass is 275 g/mol. The van der Waals surface area contributed by atoms with Gasteiger partial charge < -0.3 is 10.2 Å². The van der Waals surface area contributed by atoms with E-state index in [2.05, 4.69) is 47.2 Å². The molecule has 102 valence electrons. The summed E-state index contributed by atoms with van der Waals surface area (Å²) in [4.78, 5) is 7.19. The summed E-state index contributed by atoms with van der Waals surface area (Å²) < 4.78 is 1.27. The largest absolute Gasteiger partial charge is 0.361 e. The molecular weight excluding hydrogens is 254 g/mol. The van der Waals surface area contributed by atoms with Gasteiger partial charge in [0.2, 0.25) is 0 Å². The number of nitrogens with one attached hydrogen (secondary N) is 1. The Morgan fingerprint density at radius 2 is 2.37 bits per heavy atom. The Morgan fingerprint density at radius 1 is 1.47 bits per heavy atom. The molecule has 0 aliphatic carbocycles. The van der Waals surface area contributed by atoms with Gasteiger partial charge in [-0.15, -0.1) is 0 Å². The van der Waals surface area contributed by atoms with Crippen LogP contribution in [0.3, 0.4) is 0 Å². The van der Waals surface area contributed by atoms with Gasteiger partial charge in [0.15, 0.2) is 5.13 Å². The molecule has 0 bridgehead atoms. The summed E-state index contributed by atoms with van der Waals surface area (Å²) in [6.45, 7) is 9.07. The molecule has 1 aliphatic rings. The van der Waals surface area contributed by atoms with Crippen LogP contribution in [0, 0.1) is 12.8 Å². The number of nitrogens with zero attached hydrogens (tertiary/aromatic N) is 2. The molecule has 0 spiro atoms. The topological polar surface area (TPSA) is 28.2 Å². The van der Waals surface area contributed by atoms with Crippen LogP contribution in [0.4, 0.5) is 5.13 Å². The zero-order chi connectivity index (χ0) is 13.2. The van der Waals surface area contributed by atoms with Gasteiger partial charge in [-0.1, -0.05) is 24.3 Å². The highest BCUT2D eigenvalue weighted by atomic mass is 32.1. The number of fused-ring (bicyclic) bond motifs is 1. The molecule has 3 rings (SSSR count). The third-order valence-corrected chi connectivity index (χ3v) is 4.90. The third-order valence-electron chi connectivity index (χ3n) is 3.90. The van der Waals surface area contributed by atoms with Crippen molar-refractivity contribution >= 4 is 26.7 Å². The molecule has 1 unspecified atom stereocenters. The van der Waals surface area contributed by atoms with Crippen molar-refractivity contribution in [1.29, 1.82) is 0 Å². The molecule has 2 aromatic rings. The second-order valence-corrected chi connectivity index (χ2v) is 6.45. The van der Waals surface area contributed by atoms with Crippen LogP contribution in [0.5, 0.6) is 0 Å². The number of hydrogen-bond acceptors (Lipinski definition) is 4. The Balaban J connectivity index is 1.62. The molecule has 1 N–H and O–H groups in total. The fraction of sp³-hybridized carbons (Fsp3) is 0.533. The number of aryl methyl sites for hydroxylation is 1. The first-order valence-electron chi connectivity index (χ1n) is 7.08. The summed E-state index contributed by atoms with van der Waals surface area (Å²) in [7, 11) is 0. The lowest BCUT2D eigenvalue weighted by Gasteiger charge is -2.13. The van der Waals surface area contributed by atoms with E-state index in [0.717, 1.165) is 23.1 Å². The molecule has 1 saturated heterocycles. The van der Waals surface area contributed by atoms with Crippen LogP contribution < -0.4 is 5.32 Å². The molecule has 19 heavy (non-hydrogen) atoms. The number of anilines is 1. The van der Waals surface area contributed by atoms with Gasteiger partial charge in [-0.25, -0.2) is 4.98 Å². The highest BCUT2D eigenvalue weighted by Crippen LogP contribution is 2.27. The predicted octanol–water partition coefficient (Wildman–Crippen LogP) is 3.36. The molecule has 1 atom stereocenters. The van der Waals surface area contributed by atoms with Gasteiger partial charge in [0.05, 0.1) is 10.2 Å². The number of benzene rings is 1. The molecule has 0 saturated carbocycles. The van der Waals surface area contributed by atoms with Gasteiger partial charge in [-0.05, 0) is 50.0 Å². The maximum atomic E-state index is 4.67. The fourth-order valence-electron chi connectivity index (χ4n) is 2.71. The minimum absolute atomic E-state index is 0.772. The second-order valence-electron chi connectivity index (χ2n) is 5.42. The maximum Gasteiger partial charge on any atom is 0.183 e. The van der Waals surface area contributed by atoms with Crippen molar-refractivity contribution in [2.24, 2.45) is 5.92 Å². The SMILES string of the molecule is CCN1CCC(CNc2nc3cc(C)ccc3s2)C1. The zero-order valence-corrected chi connectivity index (χ0v) is 12.5. The van der Waals surface area contributed by atoms with E-state index >= 15 is 0 Å². The van der Waals surface area contributed by atoms with Crippen LogP contribution in [0.1, 0.15) is 18.9 Å². The quantitative estimate of drug-likeness (QED) is 0.927. The summed E-state index contributed by atoms with van der Waals surface area (Å²) >= 11 is 1.76. The molecule has 2 heterocycles. The van der Waals surface area contributed by atoms with E-state index in [1.165, 1.54) is 36.3 Å². The van der Waals surface area contributed by atoms with Crippen molar-refractivity contribution in [1.82, 2.24) is 9.88 Å². The van der Waals surface area contributed by atoms with E-state index in [-0.39, 0.29) is 0 Å². The lowest BCUT2D eigenvalue weighted by molar-refractivity contribution is 0.345. The van der Waals surface area contributed by atoms with Gasteiger partial charge in [0.25, 0.3) is 0 Å². The number of likely N-dealkylation sites (tertiary alicyclic amines) is 1. The van der Waals surface area contributed by atoms with Crippen LogP contribution in [-0.4, -0.2) is 36.1 Å². The van der Waals surface area contributed by atoms with Gasteiger partial charge in [-0.2, -0.15) is 0 Å². The van der Waals surface area contributed by atoms with Crippen molar-refractivity contribution in [3.05, 3.63) is 23.8 Å². The van der Waals surface area contributed by atoms with Gasteiger partial charge in [-0.3, -0.25) is 0 Å². The summed E-state index contributed by atoms with van der Waals surface area (Å²) in [5.74, 6) is 0.772. The Kier molecular flexibility index (Phi) is 3.71. The number of aromatic nitrogens is 1. The van der Waals surface area contributed by atoms with E-state index < -0.39 is 0 Å². The van der Waals surface area contributed by atoms with Crippen molar-refractivity contribution < 1.29 is 0 Å². The molecule has 1 aliphatic heterocycles. The lowest BCUT2D eigenvalue weighted by atomic mass is 10.1. The van der Waals surface area contributed by atoms with E-state index in [4.69, 9.17) is 0 Å². The summed E-state index contributed by atoms with van der Waals surface area (Å²) in [6.07, 6.45) is 1.31. The molecule has 1 aromatic carbocycles. The number of thiazole rings is 1. The van der Waals surface area contributed by atoms with E-state index in [9.17, 15) is 0 Å². The normalized spacial score (nSPS) is 20.2. The highest BCUT2D eigenvalue weighted by Gasteiger charge is 2.20. The maximum absolute atomic E-state index is 4.67. The second kappa shape index (κ2) is 5.47. The lowest BCUT2D eigenvalue weighted by Crippen LogP contribution is -2.22. The Morgan fingerprint density at radius 3 is 3.16 bits per heavy atom. The fourth-order valence-corrected chi connectivity index (χ4v) is 3.56. The van der Waals surface area contributed by atoms with Gasteiger partial charge in [0.1, 0.15) is 0 Å². The van der Waals surface area contributed by atoms with Crippen molar-refractivity contribution in [3.63, 3.8) is 0 Å². The minimum Gasteiger partial charge on any atom is -0.361 e. The van der Waals surface area contributed by atoms with Crippen LogP contribution >= 0.6 is 11.3 Å². The molecule has 1 fully saturated rings. The predicted molar refractivity (Wildman–Crippen MR) is 83.1 cm³/mol. The smallest absolute Gasteiger partial charge is 0.183 e. The van der Waals surface area contributed by atoms with Crippen molar-refractivity contribution in [2.75, 3.05) is 31.5 Å². The summed E-state index contributed by atoms with van der Waals surface area (Å²) in [6, 6.07) is 6.48. The Hall–Kier alpha value is -1.13. The molecule has 4 heteroatoms. The molecule has 0 radical (unpaired) electrons. The first-order chi connectivity index (χ1) is 9.24. The van der Waals surface area contributed by atoms with Crippen LogP contribution in [0.25, 0.3) is 10.2 Å². The average Bonchev–Trinajstić information content (AvgIpc) is 3.01.